The van der Waals surface area contributed by atoms with Crippen LogP contribution in [-0.4, -0.2) is 39.3 Å². The van der Waals surface area contributed by atoms with Gasteiger partial charge in [0.15, 0.2) is 5.78 Å². The Morgan fingerprint density at radius 2 is 2.41 bits per heavy atom. The number of amides is 1. The van der Waals surface area contributed by atoms with E-state index >= 15 is 0 Å². The zero-order valence-electron chi connectivity index (χ0n) is 9.59. The number of hydrogen-bond donors (Lipinski definition) is 2. The summed E-state index contributed by atoms with van der Waals surface area (Å²) in [5.41, 5.74) is 6.05. The predicted molar refractivity (Wildman–Crippen MR) is 59.0 cm³/mol. The highest BCUT2D eigenvalue weighted by atomic mass is 16.2. The van der Waals surface area contributed by atoms with E-state index in [1.54, 1.807) is 7.05 Å². The second-order valence-corrected chi connectivity index (χ2v) is 4.21. The number of rotatable bonds is 2. The number of Topliss-reactive ketones (excluding diaryl/α,β-unsaturated/α-hetero) is 1. The van der Waals surface area contributed by atoms with E-state index < -0.39 is 12.0 Å². The molecule has 17 heavy (non-hydrogen) atoms. The fraction of sp³-hybridized carbons (Fsp3) is 0.600. The maximum Gasteiger partial charge on any atom is 0.237 e. The van der Waals surface area contributed by atoms with Crippen LogP contribution in [0, 0.1) is 5.92 Å². The Kier molecular flexibility index (Phi) is 3.19. The van der Waals surface area contributed by atoms with Crippen LogP contribution in [0.1, 0.15) is 23.3 Å². The molecule has 0 spiro atoms. The molecule has 7 nitrogen and oxygen atoms in total. The van der Waals surface area contributed by atoms with Crippen LogP contribution in [0.4, 0.5) is 0 Å². The van der Waals surface area contributed by atoms with E-state index in [4.69, 9.17) is 5.73 Å². The average Bonchev–Trinajstić information content (AvgIpc) is 2.67. The number of aromatic nitrogens is 3. The minimum atomic E-state index is -0.799. The minimum absolute atomic E-state index is 0.206. The van der Waals surface area contributed by atoms with E-state index in [1.165, 1.54) is 10.9 Å². The zero-order chi connectivity index (χ0) is 12.4. The summed E-state index contributed by atoms with van der Waals surface area (Å²) < 4.78 is 1.45. The lowest BCUT2D eigenvalue weighted by atomic mass is 9.90. The normalized spacial score (nSPS) is 25.2. The Labute approximate surface area is 98.4 Å². The molecule has 3 N–H and O–H groups in total. The summed E-state index contributed by atoms with van der Waals surface area (Å²) >= 11 is 0. The highest BCUT2D eigenvalue weighted by Crippen LogP contribution is 2.18. The smallest absolute Gasteiger partial charge is 0.237 e. The molecule has 0 aliphatic carbocycles. The molecular formula is C10H15N5O2. The van der Waals surface area contributed by atoms with E-state index in [0.717, 1.165) is 6.42 Å². The number of aryl methyl sites for hydroxylation is 1. The van der Waals surface area contributed by atoms with Crippen LogP contribution >= 0.6 is 0 Å². The van der Waals surface area contributed by atoms with Crippen molar-refractivity contribution in [3.05, 3.63) is 11.9 Å². The molecule has 92 valence electrons. The molecule has 2 atom stereocenters. The van der Waals surface area contributed by atoms with Gasteiger partial charge in [-0.2, -0.15) is 0 Å². The summed E-state index contributed by atoms with van der Waals surface area (Å²) in [6.07, 6.45) is 2.88. The highest BCUT2D eigenvalue weighted by Gasteiger charge is 2.33. The first-order chi connectivity index (χ1) is 8.09. The SMILES string of the molecule is Cn1cc(C(=O)C2CCCNC(=O)C2N)nn1. The van der Waals surface area contributed by atoms with Crippen LogP contribution in [0.15, 0.2) is 6.20 Å². The molecule has 0 bridgehead atoms. The lowest BCUT2D eigenvalue weighted by molar-refractivity contribution is -0.122. The summed E-state index contributed by atoms with van der Waals surface area (Å²) in [7, 11) is 1.68. The molecule has 1 aromatic rings. The van der Waals surface area contributed by atoms with Crippen LogP contribution in [0.5, 0.6) is 0 Å². The Morgan fingerprint density at radius 3 is 3.06 bits per heavy atom. The Bertz CT molecular complexity index is 442. The molecule has 1 fully saturated rings. The van der Waals surface area contributed by atoms with Crippen LogP contribution in [0.2, 0.25) is 0 Å². The molecule has 2 rings (SSSR count). The summed E-state index contributed by atoms with van der Waals surface area (Å²) in [5.74, 6) is -0.985. The van der Waals surface area contributed by atoms with Crippen LogP contribution in [0.3, 0.4) is 0 Å². The van der Waals surface area contributed by atoms with Crippen LogP contribution < -0.4 is 11.1 Å². The molecule has 1 aliphatic rings. The van der Waals surface area contributed by atoms with E-state index in [2.05, 4.69) is 15.6 Å². The number of carbonyl (C=O) groups excluding carboxylic acids is 2. The third-order valence-corrected chi connectivity index (χ3v) is 2.92. The summed E-state index contributed by atoms with van der Waals surface area (Å²) in [5, 5.41) is 10.1. The Morgan fingerprint density at radius 1 is 1.65 bits per heavy atom. The number of ketones is 1. The van der Waals surface area contributed by atoms with Gasteiger partial charge < -0.3 is 11.1 Å². The van der Waals surface area contributed by atoms with E-state index in [1.807, 2.05) is 0 Å². The van der Waals surface area contributed by atoms with Crippen molar-refractivity contribution >= 4 is 11.7 Å². The molecule has 1 aromatic heterocycles. The van der Waals surface area contributed by atoms with Gasteiger partial charge in [0.25, 0.3) is 0 Å². The van der Waals surface area contributed by atoms with Gasteiger partial charge in [-0.3, -0.25) is 14.3 Å². The molecule has 2 heterocycles. The minimum Gasteiger partial charge on any atom is -0.355 e. The predicted octanol–water partition coefficient (Wildman–Crippen LogP) is -1.15. The van der Waals surface area contributed by atoms with Gasteiger partial charge in [0.1, 0.15) is 5.69 Å². The maximum atomic E-state index is 12.1. The third kappa shape index (κ3) is 2.33. The highest BCUT2D eigenvalue weighted by molar-refractivity contribution is 6.00. The van der Waals surface area contributed by atoms with Gasteiger partial charge in [-0.05, 0) is 12.8 Å². The van der Waals surface area contributed by atoms with Gasteiger partial charge in [-0.1, -0.05) is 5.21 Å². The topological polar surface area (TPSA) is 103 Å². The maximum absolute atomic E-state index is 12.1. The van der Waals surface area contributed by atoms with E-state index in [-0.39, 0.29) is 17.4 Å². The first-order valence-corrected chi connectivity index (χ1v) is 5.53. The van der Waals surface area contributed by atoms with E-state index in [0.29, 0.717) is 13.0 Å². The van der Waals surface area contributed by atoms with Crippen LogP contribution in [0.25, 0.3) is 0 Å². The van der Waals surface area contributed by atoms with Crippen molar-refractivity contribution in [2.24, 2.45) is 18.7 Å². The van der Waals surface area contributed by atoms with E-state index in [9.17, 15) is 9.59 Å². The summed E-state index contributed by atoms with van der Waals surface area (Å²) in [6, 6.07) is -0.799. The molecule has 7 heteroatoms. The van der Waals surface area contributed by atoms with Crippen molar-refractivity contribution in [1.82, 2.24) is 20.3 Å². The Hall–Kier alpha value is -1.76. The van der Waals surface area contributed by atoms with Gasteiger partial charge in [0, 0.05) is 19.5 Å². The molecule has 1 amide bonds. The van der Waals surface area contributed by atoms with Crippen LogP contribution in [-0.2, 0) is 11.8 Å². The third-order valence-electron chi connectivity index (χ3n) is 2.92. The average molecular weight is 237 g/mol. The number of hydrogen-bond acceptors (Lipinski definition) is 5. The van der Waals surface area contributed by atoms with Crippen molar-refractivity contribution in [3.63, 3.8) is 0 Å². The van der Waals surface area contributed by atoms with Gasteiger partial charge in [0.2, 0.25) is 5.91 Å². The second kappa shape index (κ2) is 4.62. The molecule has 0 radical (unpaired) electrons. The van der Waals surface area contributed by atoms with Crippen molar-refractivity contribution in [2.45, 2.75) is 18.9 Å². The number of nitrogens with zero attached hydrogens (tertiary/aromatic N) is 3. The molecular weight excluding hydrogens is 222 g/mol. The summed E-state index contributed by atoms with van der Waals surface area (Å²) in [4.78, 5) is 23.7. The second-order valence-electron chi connectivity index (χ2n) is 4.21. The first-order valence-electron chi connectivity index (χ1n) is 5.53. The van der Waals surface area contributed by atoms with Crippen molar-refractivity contribution < 1.29 is 9.59 Å². The molecule has 0 aromatic carbocycles. The summed E-state index contributed by atoms with van der Waals surface area (Å²) in [6.45, 7) is 0.566. The Balaban J connectivity index is 2.20. The lowest BCUT2D eigenvalue weighted by Crippen LogP contribution is -2.46. The standard InChI is InChI=1S/C10H15N5O2/c1-15-5-7(13-14-15)9(16)6-3-2-4-12-10(17)8(6)11/h5-6,8H,2-4,11H2,1H3,(H,12,17). The fourth-order valence-corrected chi connectivity index (χ4v) is 1.96. The zero-order valence-corrected chi connectivity index (χ0v) is 9.59. The number of carbonyl (C=O) groups is 2. The largest absolute Gasteiger partial charge is 0.355 e. The van der Waals surface area contributed by atoms with Crippen molar-refractivity contribution in [1.29, 1.82) is 0 Å². The van der Waals surface area contributed by atoms with Gasteiger partial charge >= 0.3 is 0 Å². The fourth-order valence-electron chi connectivity index (χ4n) is 1.96. The quantitative estimate of drug-likeness (QED) is 0.632. The van der Waals surface area contributed by atoms with Crippen molar-refractivity contribution in [3.8, 4) is 0 Å². The molecule has 1 saturated heterocycles. The first kappa shape index (κ1) is 11.7. The lowest BCUT2D eigenvalue weighted by Gasteiger charge is -2.16. The van der Waals surface area contributed by atoms with Gasteiger partial charge in [-0.15, -0.1) is 5.10 Å². The molecule has 0 saturated carbocycles. The molecule has 1 aliphatic heterocycles. The number of nitrogens with one attached hydrogen (secondary N) is 1. The van der Waals surface area contributed by atoms with Crippen molar-refractivity contribution in [2.75, 3.05) is 6.54 Å². The molecule has 2 unspecified atom stereocenters. The van der Waals surface area contributed by atoms with Gasteiger partial charge in [-0.25, -0.2) is 0 Å². The number of nitrogens with two attached hydrogens (primary N) is 1. The van der Waals surface area contributed by atoms with Gasteiger partial charge in [0.05, 0.1) is 12.2 Å². The monoisotopic (exact) mass is 237 g/mol.